The zero-order valence-corrected chi connectivity index (χ0v) is 6.54. The minimum Gasteiger partial charge on any atom is -0.480 e. The zero-order valence-electron chi connectivity index (χ0n) is 6.54. The summed E-state index contributed by atoms with van der Waals surface area (Å²) in [6.07, 6.45) is 2.02. The first-order valence-corrected chi connectivity index (χ1v) is 3.73. The van der Waals surface area contributed by atoms with Crippen LogP contribution in [-0.4, -0.2) is 36.9 Å². The summed E-state index contributed by atoms with van der Waals surface area (Å²) in [7, 11) is 1.90. The summed E-state index contributed by atoms with van der Waals surface area (Å²) >= 11 is 0. The van der Waals surface area contributed by atoms with E-state index in [0.29, 0.717) is 6.04 Å². The van der Waals surface area contributed by atoms with Gasteiger partial charge < -0.3 is 15.2 Å². The summed E-state index contributed by atoms with van der Waals surface area (Å²) in [5.74, 6) is -0.891. The van der Waals surface area contributed by atoms with E-state index in [1.807, 2.05) is 7.05 Å². The minimum atomic E-state index is -0.891. The predicted molar refractivity (Wildman–Crippen MR) is 39.5 cm³/mol. The Labute approximate surface area is 65.5 Å². The van der Waals surface area contributed by atoms with Crippen molar-refractivity contribution in [1.82, 2.24) is 5.32 Å². The van der Waals surface area contributed by atoms with Crippen molar-refractivity contribution in [2.24, 2.45) is 0 Å². The summed E-state index contributed by atoms with van der Waals surface area (Å²) in [4.78, 5) is 10.1. The monoisotopic (exact) mass is 159 g/mol. The number of rotatable bonds is 4. The fourth-order valence-electron chi connectivity index (χ4n) is 1.13. The molecule has 0 aromatic carbocycles. The van der Waals surface area contributed by atoms with Crippen LogP contribution in [0.3, 0.4) is 0 Å². The molecular formula is C7H13NO3. The maximum atomic E-state index is 10.1. The number of nitrogens with one attached hydrogen (secondary N) is 1. The van der Waals surface area contributed by atoms with Crippen LogP contribution in [0.15, 0.2) is 0 Å². The van der Waals surface area contributed by atoms with Gasteiger partial charge in [0.25, 0.3) is 0 Å². The number of carboxylic acids is 1. The van der Waals surface area contributed by atoms with Crippen molar-refractivity contribution in [3.05, 3.63) is 0 Å². The minimum absolute atomic E-state index is 0.156. The lowest BCUT2D eigenvalue weighted by atomic mass is 9.89. The lowest BCUT2D eigenvalue weighted by Crippen LogP contribution is -2.44. The fraction of sp³-hybridized carbons (Fsp3) is 0.857. The van der Waals surface area contributed by atoms with Crippen LogP contribution in [-0.2, 0) is 9.53 Å². The Bertz CT molecular complexity index is 143. The first kappa shape index (κ1) is 8.49. The van der Waals surface area contributed by atoms with E-state index in [-0.39, 0.29) is 12.7 Å². The highest BCUT2D eigenvalue weighted by atomic mass is 16.5. The summed E-state index contributed by atoms with van der Waals surface area (Å²) in [5.41, 5.74) is 0. The van der Waals surface area contributed by atoms with Crippen LogP contribution in [0, 0.1) is 0 Å². The molecular weight excluding hydrogens is 146 g/mol. The van der Waals surface area contributed by atoms with E-state index in [2.05, 4.69) is 5.32 Å². The van der Waals surface area contributed by atoms with E-state index < -0.39 is 5.97 Å². The Morgan fingerprint density at radius 3 is 2.82 bits per heavy atom. The summed E-state index contributed by atoms with van der Waals surface area (Å²) < 4.78 is 5.03. The third kappa shape index (κ3) is 2.48. The molecule has 64 valence electrons. The van der Waals surface area contributed by atoms with Crippen LogP contribution in [0.2, 0.25) is 0 Å². The Hall–Kier alpha value is -0.610. The average Bonchev–Trinajstić information content (AvgIpc) is 1.84. The molecule has 0 amide bonds. The molecule has 0 heterocycles. The van der Waals surface area contributed by atoms with Crippen molar-refractivity contribution < 1.29 is 14.6 Å². The van der Waals surface area contributed by atoms with Crippen molar-refractivity contribution in [1.29, 1.82) is 0 Å². The largest absolute Gasteiger partial charge is 0.480 e. The van der Waals surface area contributed by atoms with Crippen molar-refractivity contribution in [2.45, 2.75) is 25.0 Å². The normalized spacial score (nSPS) is 29.5. The lowest BCUT2D eigenvalue weighted by Gasteiger charge is -2.34. The van der Waals surface area contributed by atoms with Crippen LogP contribution in [0.5, 0.6) is 0 Å². The second kappa shape index (κ2) is 3.69. The van der Waals surface area contributed by atoms with Gasteiger partial charge in [-0.15, -0.1) is 0 Å². The summed E-state index contributed by atoms with van der Waals surface area (Å²) in [5, 5.41) is 11.4. The van der Waals surface area contributed by atoms with Crippen LogP contribution in [0.25, 0.3) is 0 Å². The van der Waals surface area contributed by atoms with Crippen LogP contribution < -0.4 is 5.32 Å². The Morgan fingerprint density at radius 1 is 1.73 bits per heavy atom. The van der Waals surface area contributed by atoms with Crippen molar-refractivity contribution in [2.75, 3.05) is 13.7 Å². The van der Waals surface area contributed by atoms with Crippen molar-refractivity contribution in [3.8, 4) is 0 Å². The number of ether oxygens (including phenoxy) is 1. The number of hydrogen-bond acceptors (Lipinski definition) is 3. The highest BCUT2D eigenvalue weighted by Crippen LogP contribution is 2.22. The van der Waals surface area contributed by atoms with E-state index in [0.717, 1.165) is 12.8 Å². The fourth-order valence-corrected chi connectivity index (χ4v) is 1.13. The van der Waals surface area contributed by atoms with Gasteiger partial charge in [-0.05, 0) is 19.9 Å². The molecule has 0 bridgehead atoms. The molecule has 1 saturated carbocycles. The molecule has 4 heteroatoms. The molecule has 11 heavy (non-hydrogen) atoms. The molecule has 0 saturated heterocycles. The molecule has 4 nitrogen and oxygen atoms in total. The van der Waals surface area contributed by atoms with E-state index in [1.54, 1.807) is 0 Å². The quantitative estimate of drug-likeness (QED) is 0.598. The van der Waals surface area contributed by atoms with E-state index in [4.69, 9.17) is 9.84 Å². The molecule has 2 N–H and O–H groups in total. The van der Waals surface area contributed by atoms with Crippen molar-refractivity contribution in [3.63, 3.8) is 0 Å². The topological polar surface area (TPSA) is 58.6 Å². The third-order valence-electron chi connectivity index (χ3n) is 1.95. The van der Waals surface area contributed by atoms with Gasteiger partial charge in [-0.25, -0.2) is 4.79 Å². The van der Waals surface area contributed by atoms with Gasteiger partial charge in [0.05, 0.1) is 6.10 Å². The molecule has 0 radical (unpaired) electrons. The second-order valence-corrected chi connectivity index (χ2v) is 2.78. The van der Waals surface area contributed by atoms with Gasteiger partial charge in [-0.2, -0.15) is 0 Å². The van der Waals surface area contributed by atoms with Crippen LogP contribution in [0.4, 0.5) is 0 Å². The van der Waals surface area contributed by atoms with E-state index in [1.165, 1.54) is 0 Å². The lowest BCUT2D eigenvalue weighted by molar-refractivity contribution is -0.146. The van der Waals surface area contributed by atoms with Gasteiger partial charge in [0.1, 0.15) is 6.61 Å². The first-order chi connectivity index (χ1) is 5.22. The molecule has 0 aliphatic heterocycles. The summed E-state index contributed by atoms with van der Waals surface area (Å²) in [6, 6.07) is 0.522. The first-order valence-electron chi connectivity index (χ1n) is 3.73. The molecule has 0 aromatic heterocycles. The number of carboxylic acid groups (broad SMARTS) is 1. The SMILES string of the molecule is CNC1CC(OCC(=O)O)C1. The van der Waals surface area contributed by atoms with E-state index >= 15 is 0 Å². The standard InChI is InChI=1S/C7H13NO3/c1-8-5-2-6(3-5)11-4-7(9)10/h5-6,8H,2-4H2,1H3,(H,9,10). The number of carbonyl (C=O) groups is 1. The number of aliphatic carboxylic acids is 1. The molecule has 1 rings (SSSR count). The molecule has 1 fully saturated rings. The maximum Gasteiger partial charge on any atom is 0.329 e. The molecule has 0 atom stereocenters. The van der Waals surface area contributed by atoms with Gasteiger partial charge >= 0.3 is 5.97 Å². The van der Waals surface area contributed by atoms with E-state index in [9.17, 15) is 4.79 Å². The van der Waals surface area contributed by atoms with Gasteiger partial charge in [0, 0.05) is 6.04 Å². The molecule has 1 aliphatic rings. The zero-order chi connectivity index (χ0) is 8.27. The van der Waals surface area contributed by atoms with Crippen molar-refractivity contribution >= 4 is 5.97 Å². The molecule has 0 unspecified atom stereocenters. The van der Waals surface area contributed by atoms with Crippen LogP contribution >= 0.6 is 0 Å². The Morgan fingerprint density at radius 2 is 2.36 bits per heavy atom. The second-order valence-electron chi connectivity index (χ2n) is 2.78. The highest BCUT2D eigenvalue weighted by molar-refractivity contribution is 5.68. The average molecular weight is 159 g/mol. The van der Waals surface area contributed by atoms with Gasteiger partial charge in [-0.3, -0.25) is 0 Å². The van der Waals surface area contributed by atoms with Crippen LogP contribution in [0.1, 0.15) is 12.8 Å². The van der Waals surface area contributed by atoms with Gasteiger partial charge in [-0.1, -0.05) is 0 Å². The molecule has 0 aromatic rings. The Balaban J connectivity index is 2.00. The summed E-state index contributed by atoms with van der Waals surface area (Å²) in [6.45, 7) is -0.166. The van der Waals surface area contributed by atoms with Gasteiger partial charge in [0.15, 0.2) is 0 Å². The Kier molecular flexibility index (Phi) is 2.84. The number of hydrogen-bond donors (Lipinski definition) is 2. The smallest absolute Gasteiger partial charge is 0.329 e. The van der Waals surface area contributed by atoms with Gasteiger partial charge in [0.2, 0.25) is 0 Å². The molecule has 0 spiro atoms. The molecule has 1 aliphatic carbocycles. The maximum absolute atomic E-state index is 10.1. The predicted octanol–water partition coefficient (Wildman–Crippen LogP) is -0.162. The third-order valence-corrected chi connectivity index (χ3v) is 1.95. The highest BCUT2D eigenvalue weighted by Gasteiger charge is 2.28.